The molecule has 0 unspecified atom stereocenters. The van der Waals surface area contributed by atoms with Gasteiger partial charge in [-0.25, -0.2) is 4.39 Å². The van der Waals surface area contributed by atoms with E-state index in [0.717, 1.165) is 12.1 Å². The van der Waals surface area contributed by atoms with Crippen LogP contribution in [0.4, 0.5) is 10.1 Å². The van der Waals surface area contributed by atoms with Crippen molar-refractivity contribution in [1.29, 1.82) is 0 Å². The van der Waals surface area contributed by atoms with Gasteiger partial charge in [-0.1, -0.05) is 13.8 Å². The Hall–Kier alpha value is -1.05. The molecule has 0 heterocycles. The molecule has 1 aromatic carbocycles. The fraction of sp³-hybridized carbons (Fsp3) is 0.417. The van der Waals surface area contributed by atoms with Crippen molar-refractivity contribution >= 4 is 34.1 Å². The fourth-order valence-electron chi connectivity index (χ4n) is 1.63. The van der Waals surface area contributed by atoms with Crippen LogP contribution in [0.2, 0.25) is 0 Å². The lowest BCUT2D eigenvalue weighted by Crippen LogP contribution is -2.09. The zero-order valence-corrected chi connectivity index (χ0v) is 12.2. The zero-order chi connectivity index (χ0) is 13.9. The smallest absolute Gasteiger partial charge is 0.274 e. The van der Waals surface area contributed by atoms with Crippen molar-refractivity contribution in [2.24, 2.45) is 5.92 Å². The van der Waals surface area contributed by atoms with Crippen LogP contribution >= 0.6 is 22.6 Å². The van der Waals surface area contributed by atoms with Gasteiger partial charge in [0.25, 0.3) is 5.69 Å². The first-order valence-electron chi connectivity index (χ1n) is 5.45. The van der Waals surface area contributed by atoms with E-state index in [2.05, 4.69) is 0 Å². The molecule has 6 heteroatoms. The first kappa shape index (κ1) is 15.0. The largest absolute Gasteiger partial charge is 0.299 e. The van der Waals surface area contributed by atoms with E-state index in [0.29, 0.717) is 6.42 Å². The molecule has 4 nitrogen and oxygen atoms in total. The number of nitro groups is 1. The standard InChI is InChI=1S/C12H13FINO3/c1-7(2)3-9(16)4-8-5-10(13)11(14)6-12(8)15(17)18/h5-7H,3-4H2,1-2H3. The molecule has 0 fully saturated rings. The zero-order valence-electron chi connectivity index (χ0n) is 10.1. The Labute approximate surface area is 118 Å². The summed E-state index contributed by atoms with van der Waals surface area (Å²) < 4.78 is 13.6. The summed E-state index contributed by atoms with van der Waals surface area (Å²) in [6, 6.07) is 2.24. The molecule has 0 aliphatic carbocycles. The fourth-order valence-corrected chi connectivity index (χ4v) is 2.08. The number of ketones is 1. The minimum Gasteiger partial charge on any atom is -0.299 e. The van der Waals surface area contributed by atoms with Crippen molar-refractivity contribution in [2.45, 2.75) is 26.7 Å². The third-order valence-corrected chi connectivity index (χ3v) is 3.17. The maximum Gasteiger partial charge on any atom is 0.274 e. The van der Waals surface area contributed by atoms with Crippen molar-refractivity contribution in [2.75, 3.05) is 0 Å². The number of nitrogens with zero attached hydrogens (tertiary/aromatic N) is 1. The second-order valence-electron chi connectivity index (χ2n) is 4.47. The van der Waals surface area contributed by atoms with Gasteiger partial charge in [0.15, 0.2) is 0 Å². The number of carbonyl (C=O) groups excluding carboxylic acids is 1. The van der Waals surface area contributed by atoms with E-state index in [1.807, 2.05) is 13.8 Å². The molecule has 0 aliphatic rings. The van der Waals surface area contributed by atoms with E-state index in [1.54, 1.807) is 22.6 Å². The molecule has 0 saturated heterocycles. The highest BCUT2D eigenvalue weighted by Gasteiger charge is 2.19. The molecular weight excluding hydrogens is 352 g/mol. The minimum absolute atomic E-state index is 0.0949. The molecule has 0 radical (unpaired) electrons. The van der Waals surface area contributed by atoms with Gasteiger partial charge in [0, 0.05) is 24.5 Å². The highest BCUT2D eigenvalue weighted by molar-refractivity contribution is 14.1. The summed E-state index contributed by atoms with van der Waals surface area (Å²) in [7, 11) is 0. The lowest BCUT2D eigenvalue weighted by Gasteiger charge is -2.06. The number of hydrogen-bond acceptors (Lipinski definition) is 3. The highest BCUT2D eigenvalue weighted by atomic mass is 127. The Bertz CT molecular complexity index is 488. The Morgan fingerprint density at radius 3 is 2.61 bits per heavy atom. The van der Waals surface area contributed by atoms with E-state index in [9.17, 15) is 19.3 Å². The van der Waals surface area contributed by atoms with Crippen LogP contribution in [0.5, 0.6) is 0 Å². The molecule has 98 valence electrons. The summed E-state index contributed by atoms with van der Waals surface area (Å²) in [5.74, 6) is -0.465. The third-order valence-electron chi connectivity index (χ3n) is 2.34. The number of benzene rings is 1. The second-order valence-corrected chi connectivity index (χ2v) is 5.63. The molecular formula is C12H13FINO3. The third kappa shape index (κ3) is 4.01. The van der Waals surface area contributed by atoms with Crippen LogP contribution in [-0.4, -0.2) is 10.7 Å². The van der Waals surface area contributed by atoms with Crippen LogP contribution < -0.4 is 0 Å². The molecule has 0 N–H and O–H groups in total. The first-order valence-corrected chi connectivity index (χ1v) is 6.53. The number of nitro benzene ring substituents is 1. The summed E-state index contributed by atoms with van der Waals surface area (Å²) >= 11 is 1.69. The monoisotopic (exact) mass is 365 g/mol. The predicted molar refractivity (Wildman–Crippen MR) is 73.9 cm³/mol. The second kappa shape index (κ2) is 6.21. The molecule has 18 heavy (non-hydrogen) atoms. The van der Waals surface area contributed by atoms with E-state index in [4.69, 9.17) is 0 Å². The van der Waals surface area contributed by atoms with Crippen LogP contribution in [0.3, 0.4) is 0 Å². The van der Waals surface area contributed by atoms with E-state index < -0.39 is 10.7 Å². The summed E-state index contributed by atoms with van der Waals surface area (Å²) in [6.07, 6.45) is 0.243. The average Bonchev–Trinajstić information content (AvgIpc) is 2.21. The molecule has 0 spiro atoms. The number of carbonyl (C=O) groups is 1. The van der Waals surface area contributed by atoms with E-state index in [-0.39, 0.29) is 32.9 Å². The Morgan fingerprint density at radius 1 is 1.50 bits per heavy atom. The first-order chi connectivity index (χ1) is 8.31. The van der Waals surface area contributed by atoms with Crippen LogP contribution in [0.25, 0.3) is 0 Å². The minimum atomic E-state index is -0.584. The van der Waals surface area contributed by atoms with Crippen molar-refractivity contribution in [3.05, 3.63) is 37.2 Å². The van der Waals surface area contributed by atoms with Gasteiger partial charge in [-0.2, -0.15) is 0 Å². The molecule has 0 aliphatic heterocycles. The van der Waals surface area contributed by atoms with Crippen LogP contribution in [-0.2, 0) is 11.2 Å². The normalized spacial score (nSPS) is 10.7. The summed E-state index contributed by atoms with van der Waals surface area (Å²) in [4.78, 5) is 21.9. The Kier molecular flexibility index (Phi) is 5.18. The quantitative estimate of drug-likeness (QED) is 0.456. The molecule has 0 amide bonds. The van der Waals surface area contributed by atoms with Gasteiger partial charge in [-0.3, -0.25) is 14.9 Å². The molecule has 0 aromatic heterocycles. The molecule has 1 aromatic rings. The predicted octanol–water partition coefficient (Wildman–Crippen LogP) is 3.50. The topological polar surface area (TPSA) is 60.2 Å². The van der Waals surface area contributed by atoms with Crippen LogP contribution in [0, 0.1) is 25.4 Å². The number of halogens is 2. The van der Waals surface area contributed by atoms with E-state index >= 15 is 0 Å². The molecule has 0 atom stereocenters. The van der Waals surface area contributed by atoms with Gasteiger partial charge in [-0.05, 0) is 34.6 Å². The maximum absolute atomic E-state index is 13.4. The highest BCUT2D eigenvalue weighted by Crippen LogP contribution is 2.25. The lowest BCUT2D eigenvalue weighted by atomic mass is 10.00. The molecule has 0 bridgehead atoms. The molecule has 0 saturated carbocycles. The number of hydrogen-bond donors (Lipinski definition) is 0. The van der Waals surface area contributed by atoms with E-state index in [1.165, 1.54) is 0 Å². The summed E-state index contributed by atoms with van der Waals surface area (Å²) in [5, 5.41) is 10.9. The number of Topliss-reactive ketones (excluding diaryl/α,β-unsaturated/α-hetero) is 1. The van der Waals surface area contributed by atoms with Gasteiger partial charge in [-0.15, -0.1) is 0 Å². The van der Waals surface area contributed by atoms with Crippen molar-refractivity contribution in [3.63, 3.8) is 0 Å². The van der Waals surface area contributed by atoms with Crippen molar-refractivity contribution in [1.82, 2.24) is 0 Å². The SMILES string of the molecule is CC(C)CC(=O)Cc1cc(F)c(I)cc1[N+](=O)[O-]. The van der Waals surface area contributed by atoms with Crippen molar-refractivity contribution < 1.29 is 14.1 Å². The maximum atomic E-state index is 13.4. The summed E-state index contributed by atoms with van der Waals surface area (Å²) in [5.41, 5.74) is -0.0542. The average molecular weight is 365 g/mol. The van der Waals surface area contributed by atoms with Gasteiger partial charge in [0.2, 0.25) is 0 Å². The lowest BCUT2D eigenvalue weighted by molar-refractivity contribution is -0.385. The van der Waals surface area contributed by atoms with Gasteiger partial charge in [0.1, 0.15) is 11.6 Å². The van der Waals surface area contributed by atoms with Gasteiger partial charge >= 0.3 is 0 Å². The van der Waals surface area contributed by atoms with Crippen LogP contribution in [0.15, 0.2) is 12.1 Å². The van der Waals surface area contributed by atoms with Gasteiger partial charge < -0.3 is 0 Å². The van der Waals surface area contributed by atoms with Crippen molar-refractivity contribution in [3.8, 4) is 0 Å². The Morgan fingerprint density at radius 2 is 2.11 bits per heavy atom. The van der Waals surface area contributed by atoms with Crippen LogP contribution in [0.1, 0.15) is 25.8 Å². The summed E-state index contributed by atoms with van der Waals surface area (Å²) in [6.45, 7) is 3.78. The number of rotatable bonds is 5. The van der Waals surface area contributed by atoms with Gasteiger partial charge in [0.05, 0.1) is 8.49 Å². The Balaban J connectivity index is 3.04. The molecule has 1 rings (SSSR count).